The summed E-state index contributed by atoms with van der Waals surface area (Å²) in [6, 6.07) is 0.256. The summed E-state index contributed by atoms with van der Waals surface area (Å²) in [5.74, 6) is 0. The van der Waals surface area contributed by atoms with Crippen LogP contribution in [0.5, 0.6) is 0 Å². The predicted molar refractivity (Wildman–Crippen MR) is 65.9 cm³/mol. The van der Waals surface area contributed by atoms with E-state index in [1.54, 1.807) is 11.3 Å². The van der Waals surface area contributed by atoms with Gasteiger partial charge in [0.15, 0.2) is 0 Å². The highest BCUT2D eigenvalue weighted by Gasteiger charge is 2.19. The Balaban J connectivity index is 2.12. The van der Waals surface area contributed by atoms with Gasteiger partial charge in [0, 0.05) is 23.7 Å². The van der Waals surface area contributed by atoms with Gasteiger partial charge in [0.25, 0.3) is 0 Å². The second-order valence-corrected chi connectivity index (χ2v) is 5.88. The van der Waals surface area contributed by atoms with Gasteiger partial charge in [-0.05, 0) is 18.4 Å². The van der Waals surface area contributed by atoms with E-state index in [2.05, 4.69) is 31.1 Å². The predicted octanol–water partition coefficient (Wildman–Crippen LogP) is 2.00. The first-order valence-corrected chi connectivity index (χ1v) is 6.22. The molecule has 1 unspecified atom stereocenters. The molecular formula is C11H21N3S. The van der Waals surface area contributed by atoms with Crippen molar-refractivity contribution in [1.29, 1.82) is 0 Å². The van der Waals surface area contributed by atoms with Crippen molar-refractivity contribution in [3.63, 3.8) is 0 Å². The molecule has 0 saturated heterocycles. The Bertz CT molecular complexity index is 264. The Morgan fingerprint density at radius 1 is 1.53 bits per heavy atom. The molecule has 1 atom stereocenters. The fourth-order valence-electron chi connectivity index (χ4n) is 1.23. The van der Waals surface area contributed by atoms with Crippen LogP contribution in [0.2, 0.25) is 0 Å². The van der Waals surface area contributed by atoms with Crippen molar-refractivity contribution in [2.75, 3.05) is 6.54 Å². The summed E-state index contributed by atoms with van der Waals surface area (Å²) >= 11 is 1.68. The van der Waals surface area contributed by atoms with Crippen LogP contribution in [0, 0.1) is 5.41 Å². The maximum absolute atomic E-state index is 6.06. The van der Waals surface area contributed by atoms with Crippen LogP contribution in [0.1, 0.15) is 32.1 Å². The number of hydrogen-bond donors (Lipinski definition) is 2. The van der Waals surface area contributed by atoms with E-state index in [1.807, 2.05) is 11.7 Å². The molecule has 3 nitrogen and oxygen atoms in total. The second kappa shape index (κ2) is 5.58. The van der Waals surface area contributed by atoms with Gasteiger partial charge in [-0.25, -0.2) is 0 Å². The van der Waals surface area contributed by atoms with Gasteiger partial charge < -0.3 is 11.1 Å². The molecule has 1 aromatic rings. The van der Waals surface area contributed by atoms with Crippen LogP contribution in [0.3, 0.4) is 0 Å². The van der Waals surface area contributed by atoms with E-state index in [9.17, 15) is 0 Å². The molecule has 15 heavy (non-hydrogen) atoms. The number of thiazole rings is 1. The molecule has 0 aromatic carbocycles. The molecule has 0 spiro atoms. The van der Waals surface area contributed by atoms with Crippen LogP contribution >= 0.6 is 11.3 Å². The maximum Gasteiger partial charge on any atom is 0.0794 e. The summed E-state index contributed by atoms with van der Waals surface area (Å²) in [5, 5.41) is 3.38. The van der Waals surface area contributed by atoms with Crippen molar-refractivity contribution in [2.45, 2.75) is 39.8 Å². The molecule has 86 valence electrons. The van der Waals surface area contributed by atoms with Gasteiger partial charge >= 0.3 is 0 Å². The largest absolute Gasteiger partial charge is 0.327 e. The van der Waals surface area contributed by atoms with Crippen molar-refractivity contribution in [3.05, 3.63) is 16.6 Å². The van der Waals surface area contributed by atoms with Crippen LogP contribution in [-0.4, -0.2) is 17.6 Å². The number of rotatable bonds is 5. The van der Waals surface area contributed by atoms with Crippen molar-refractivity contribution in [1.82, 2.24) is 10.3 Å². The highest BCUT2D eigenvalue weighted by Crippen LogP contribution is 2.19. The SMILES string of the molecule is CC(C)(C)C(N)CCNCc1cncs1. The molecule has 0 aliphatic heterocycles. The highest BCUT2D eigenvalue weighted by atomic mass is 32.1. The zero-order valence-electron chi connectivity index (χ0n) is 9.79. The summed E-state index contributed by atoms with van der Waals surface area (Å²) in [5.41, 5.74) is 8.12. The molecule has 0 radical (unpaired) electrons. The maximum atomic E-state index is 6.06. The zero-order chi connectivity index (χ0) is 11.3. The van der Waals surface area contributed by atoms with Crippen LogP contribution in [0.25, 0.3) is 0 Å². The summed E-state index contributed by atoms with van der Waals surface area (Å²) in [7, 11) is 0. The van der Waals surface area contributed by atoms with Crippen LogP contribution in [0.15, 0.2) is 11.7 Å². The first-order chi connectivity index (χ1) is 7.00. The second-order valence-electron chi connectivity index (χ2n) is 4.91. The summed E-state index contributed by atoms with van der Waals surface area (Å²) < 4.78 is 0. The number of nitrogens with two attached hydrogens (primary N) is 1. The molecular weight excluding hydrogens is 206 g/mol. The van der Waals surface area contributed by atoms with Gasteiger partial charge in [0.2, 0.25) is 0 Å². The molecule has 1 rings (SSSR count). The van der Waals surface area contributed by atoms with E-state index in [1.165, 1.54) is 4.88 Å². The van der Waals surface area contributed by atoms with Crippen LogP contribution in [0.4, 0.5) is 0 Å². The topological polar surface area (TPSA) is 50.9 Å². The molecule has 4 heteroatoms. The minimum atomic E-state index is 0.201. The smallest absolute Gasteiger partial charge is 0.0794 e. The average molecular weight is 227 g/mol. The van der Waals surface area contributed by atoms with E-state index in [-0.39, 0.29) is 11.5 Å². The molecule has 1 aromatic heterocycles. The minimum absolute atomic E-state index is 0.201. The zero-order valence-corrected chi connectivity index (χ0v) is 10.6. The van der Waals surface area contributed by atoms with Crippen molar-refractivity contribution >= 4 is 11.3 Å². The lowest BCUT2D eigenvalue weighted by Gasteiger charge is -2.27. The number of hydrogen-bond acceptors (Lipinski definition) is 4. The lowest BCUT2D eigenvalue weighted by molar-refractivity contribution is 0.302. The number of aromatic nitrogens is 1. The minimum Gasteiger partial charge on any atom is -0.327 e. The Hall–Kier alpha value is -0.450. The van der Waals surface area contributed by atoms with Crippen molar-refractivity contribution in [2.24, 2.45) is 11.1 Å². The summed E-state index contributed by atoms with van der Waals surface area (Å²) in [6.45, 7) is 8.42. The lowest BCUT2D eigenvalue weighted by Crippen LogP contribution is -2.37. The van der Waals surface area contributed by atoms with Crippen molar-refractivity contribution < 1.29 is 0 Å². The van der Waals surface area contributed by atoms with Gasteiger partial charge in [-0.15, -0.1) is 11.3 Å². The molecule has 1 heterocycles. The first-order valence-electron chi connectivity index (χ1n) is 5.34. The number of nitrogens with one attached hydrogen (secondary N) is 1. The molecule has 0 aliphatic carbocycles. The first kappa shape index (κ1) is 12.6. The molecule has 0 saturated carbocycles. The summed E-state index contributed by atoms with van der Waals surface area (Å²) in [6.07, 6.45) is 2.92. The Kier molecular flexibility index (Phi) is 4.70. The van der Waals surface area contributed by atoms with Gasteiger partial charge in [0.1, 0.15) is 0 Å². The van der Waals surface area contributed by atoms with Crippen LogP contribution < -0.4 is 11.1 Å². The Labute approximate surface area is 96.1 Å². The van der Waals surface area contributed by atoms with Gasteiger partial charge in [0.05, 0.1) is 5.51 Å². The van der Waals surface area contributed by atoms with Gasteiger partial charge in [-0.3, -0.25) is 4.98 Å². The molecule has 0 amide bonds. The fourth-order valence-corrected chi connectivity index (χ4v) is 1.80. The molecule has 0 fully saturated rings. The van der Waals surface area contributed by atoms with E-state index in [0.29, 0.717) is 0 Å². The Morgan fingerprint density at radius 2 is 2.27 bits per heavy atom. The molecule has 0 bridgehead atoms. The molecule has 0 aliphatic rings. The fraction of sp³-hybridized carbons (Fsp3) is 0.727. The van der Waals surface area contributed by atoms with E-state index in [0.717, 1.165) is 19.5 Å². The third-order valence-corrected chi connectivity index (χ3v) is 3.31. The monoisotopic (exact) mass is 227 g/mol. The standard InChI is InChI=1S/C11H21N3S/c1-11(2,3)10(12)4-5-13-6-9-7-14-8-15-9/h7-8,10,13H,4-6,12H2,1-3H3. The molecule has 3 N–H and O–H groups in total. The summed E-state index contributed by atoms with van der Waals surface area (Å²) in [4.78, 5) is 5.31. The van der Waals surface area contributed by atoms with E-state index >= 15 is 0 Å². The Morgan fingerprint density at radius 3 is 2.80 bits per heavy atom. The average Bonchev–Trinajstić information content (AvgIpc) is 2.63. The van der Waals surface area contributed by atoms with E-state index in [4.69, 9.17) is 5.73 Å². The quantitative estimate of drug-likeness (QED) is 0.756. The van der Waals surface area contributed by atoms with Crippen molar-refractivity contribution in [3.8, 4) is 0 Å². The van der Waals surface area contributed by atoms with Gasteiger partial charge in [-0.2, -0.15) is 0 Å². The lowest BCUT2D eigenvalue weighted by atomic mass is 9.85. The highest BCUT2D eigenvalue weighted by molar-refractivity contribution is 7.09. The van der Waals surface area contributed by atoms with E-state index < -0.39 is 0 Å². The van der Waals surface area contributed by atoms with Crippen LogP contribution in [-0.2, 0) is 6.54 Å². The normalized spacial score (nSPS) is 14.1. The third kappa shape index (κ3) is 4.73. The van der Waals surface area contributed by atoms with Gasteiger partial charge in [-0.1, -0.05) is 20.8 Å². The number of nitrogens with zero attached hydrogens (tertiary/aromatic N) is 1. The third-order valence-electron chi connectivity index (χ3n) is 2.53.